The number of fused-ring (bicyclic) bond motifs is 3. The summed E-state index contributed by atoms with van der Waals surface area (Å²) in [6.07, 6.45) is 4.22. The van der Waals surface area contributed by atoms with Crippen molar-refractivity contribution < 1.29 is 28.1 Å². The summed E-state index contributed by atoms with van der Waals surface area (Å²) in [6.45, 7) is 5.90. The number of rotatable bonds is 7. The molecule has 264 valence electrons. The van der Waals surface area contributed by atoms with E-state index >= 15 is 0 Å². The average Bonchev–Trinajstić information content (AvgIpc) is 3.87. The number of aryl methyl sites for hydroxylation is 1. The molecule has 0 unspecified atom stereocenters. The van der Waals surface area contributed by atoms with E-state index in [-0.39, 0.29) is 72.3 Å². The fraction of sp³-hybridized carbons (Fsp3) is 0.472. The van der Waals surface area contributed by atoms with Gasteiger partial charge in [0.2, 0.25) is 29.4 Å². The summed E-state index contributed by atoms with van der Waals surface area (Å²) < 4.78 is 19.5. The van der Waals surface area contributed by atoms with Crippen molar-refractivity contribution in [2.45, 2.75) is 70.9 Å². The van der Waals surface area contributed by atoms with Gasteiger partial charge in [-0.25, -0.2) is 9.37 Å². The maximum atomic E-state index is 14.2. The Hall–Kier alpha value is -5.14. The maximum Gasteiger partial charge on any atom is 0.253 e. The van der Waals surface area contributed by atoms with Crippen molar-refractivity contribution in [3.05, 3.63) is 66.1 Å². The van der Waals surface area contributed by atoms with Gasteiger partial charge in [-0.3, -0.25) is 19.2 Å². The Balaban J connectivity index is 1.17. The first kappa shape index (κ1) is 34.7. The number of amides is 4. The van der Waals surface area contributed by atoms with Crippen LogP contribution in [0.15, 0.2) is 53.3 Å². The summed E-state index contributed by atoms with van der Waals surface area (Å²) in [5, 5.41) is 6.87. The Morgan fingerprint density at radius 3 is 2.66 bits per heavy atom. The van der Waals surface area contributed by atoms with E-state index in [1.54, 1.807) is 46.5 Å². The number of aromatic nitrogens is 4. The molecule has 13 nitrogen and oxygen atoms in total. The summed E-state index contributed by atoms with van der Waals surface area (Å²) in [5.41, 5.74) is 2.32. The van der Waals surface area contributed by atoms with Crippen molar-refractivity contribution in [1.82, 2.24) is 40.1 Å². The van der Waals surface area contributed by atoms with E-state index in [0.717, 1.165) is 11.0 Å². The third-order valence-corrected chi connectivity index (χ3v) is 9.32. The van der Waals surface area contributed by atoms with Gasteiger partial charge in [-0.05, 0) is 61.9 Å². The minimum Gasteiger partial charge on any atom is -0.354 e. The zero-order valence-corrected chi connectivity index (χ0v) is 28.4. The molecule has 2 N–H and O–H groups in total. The molecule has 2 aromatic carbocycles. The lowest BCUT2D eigenvalue weighted by Gasteiger charge is -2.31. The molecule has 2 aromatic heterocycles. The monoisotopic (exact) mass is 686 g/mol. The molecule has 4 amide bonds. The second-order valence-corrected chi connectivity index (χ2v) is 13.4. The topological polar surface area (TPSA) is 158 Å². The summed E-state index contributed by atoms with van der Waals surface area (Å²) in [4.78, 5) is 71.4. The fourth-order valence-corrected chi connectivity index (χ4v) is 6.76. The number of imidazole rings is 1. The number of aromatic amines is 1. The van der Waals surface area contributed by atoms with Crippen LogP contribution in [0.3, 0.4) is 0 Å². The van der Waals surface area contributed by atoms with Crippen LogP contribution in [0.5, 0.6) is 0 Å². The van der Waals surface area contributed by atoms with Gasteiger partial charge in [0.05, 0.1) is 29.0 Å². The largest absolute Gasteiger partial charge is 0.354 e. The van der Waals surface area contributed by atoms with Crippen molar-refractivity contribution in [3.8, 4) is 11.4 Å². The molecule has 2 fully saturated rings. The Kier molecular flexibility index (Phi) is 10.8. The van der Waals surface area contributed by atoms with E-state index in [1.165, 1.54) is 6.07 Å². The molecule has 0 radical (unpaired) electrons. The lowest BCUT2D eigenvalue weighted by molar-refractivity contribution is -0.138. The van der Waals surface area contributed by atoms with Gasteiger partial charge in [0.25, 0.3) is 5.91 Å². The minimum absolute atomic E-state index is 0.00322. The van der Waals surface area contributed by atoms with Crippen LogP contribution < -0.4 is 5.32 Å². The molecule has 0 aliphatic carbocycles. The Morgan fingerprint density at radius 2 is 1.84 bits per heavy atom. The highest BCUT2D eigenvalue weighted by Crippen LogP contribution is 2.27. The van der Waals surface area contributed by atoms with Gasteiger partial charge < -0.3 is 29.5 Å². The Morgan fingerprint density at radius 1 is 1.02 bits per heavy atom. The van der Waals surface area contributed by atoms with Crippen LogP contribution in [0.2, 0.25) is 0 Å². The van der Waals surface area contributed by atoms with Crippen LogP contribution in [0, 0.1) is 11.7 Å². The van der Waals surface area contributed by atoms with Gasteiger partial charge >= 0.3 is 0 Å². The van der Waals surface area contributed by atoms with Crippen LogP contribution in [-0.4, -0.2) is 103 Å². The molecular formula is C36H43FN8O5. The van der Waals surface area contributed by atoms with E-state index in [9.17, 15) is 23.6 Å². The quantitative estimate of drug-likeness (QED) is 0.296. The predicted molar refractivity (Wildman–Crippen MR) is 182 cm³/mol. The lowest BCUT2D eigenvalue weighted by Crippen LogP contribution is -2.46. The molecule has 0 spiro atoms. The number of hydrogen-bond acceptors (Lipinski definition) is 8. The molecule has 2 aliphatic rings. The van der Waals surface area contributed by atoms with Gasteiger partial charge in [0.1, 0.15) is 11.9 Å². The maximum absolute atomic E-state index is 14.2. The highest BCUT2D eigenvalue weighted by molar-refractivity contribution is 5.97. The van der Waals surface area contributed by atoms with Crippen LogP contribution >= 0.6 is 0 Å². The van der Waals surface area contributed by atoms with E-state index in [0.29, 0.717) is 63.8 Å². The number of H-pyrrole nitrogens is 1. The fourth-order valence-electron chi connectivity index (χ4n) is 6.76. The molecule has 2 bridgehead atoms. The molecule has 6 rings (SSSR count). The summed E-state index contributed by atoms with van der Waals surface area (Å²) in [7, 11) is 0. The third-order valence-electron chi connectivity index (χ3n) is 9.32. The van der Waals surface area contributed by atoms with Crippen molar-refractivity contribution >= 4 is 34.7 Å². The molecule has 2 aliphatic heterocycles. The normalized spacial score (nSPS) is 19.1. The minimum atomic E-state index is -0.739. The van der Waals surface area contributed by atoms with Crippen molar-refractivity contribution in [2.75, 3.05) is 32.7 Å². The van der Waals surface area contributed by atoms with Gasteiger partial charge in [-0.15, -0.1) is 0 Å². The highest BCUT2D eigenvalue weighted by atomic mass is 19.1. The van der Waals surface area contributed by atoms with Crippen LogP contribution in [0.1, 0.15) is 68.6 Å². The van der Waals surface area contributed by atoms with Gasteiger partial charge in [0.15, 0.2) is 0 Å². The van der Waals surface area contributed by atoms with E-state index in [4.69, 9.17) is 4.52 Å². The van der Waals surface area contributed by atoms with Crippen molar-refractivity contribution in [1.29, 1.82) is 0 Å². The third kappa shape index (κ3) is 8.01. The number of nitrogens with one attached hydrogen (secondary N) is 2. The molecular weight excluding hydrogens is 643 g/mol. The number of likely N-dealkylation sites (tertiary alicyclic amines) is 1. The number of nitrogens with zero attached hydrogens (tertiary/aromatic N) is 6. The first-order chi connectivity index (χ1) is 24.2. The smallest absolute Gasteiger partial charge is 0.253 e. The Labute approximate surface area is 289 Å². The Bertz CT molecular complexity index is 1840. The molecule has 0 saturated carbocycles. The molecule has 4 aromatic rings. The molecule has 2 saturated heterocycles. The predicted octanol–water partition coefficient (Wildman–Crippen LogP) is 3.97. The standard InChI is InChI=1S/C36H43FN8O5/c1-23(2)18-33(47)44-17-7-16-43(36(49)24-10-11-28-29(19-24)40-22-39-28)15-6-5-14-38-35(48)30-20-25(44)21-45(30)32(46)13-12-31-41-34(42-50-31)26-8-3-4-9-27(26)37/h3-4,8-11,19,22-23,25,30H,5-7,12-18,20-21H2,1-2H3,(H,38,48)(H,39,40)/t25-,30-/m0/s1. The second kappa shape index (κ2) is 15.6. The molecule has 2 atom stereocenters. The number of carbonyl (C=O) groups excluding carboxylic acids is 4. The lowest BCUT2D eigenvalue weighted by atomic mass is 10.1. The molecule has 4 heterocycles. The number of hydrogen-bond donors (Lipinski definition) is 2. The SMILES string of the molecule is CC(C)CC(=O)N1CCCN(C(=O)c2ccc3nc[nH]c3c2)CCCCNC(=O)[C@@H]2C[C@H]1CN2C(=O)CCc1nc(-c2ccccc2F)no1. The summed E-state index contributed by atoms with van der Waals surface area (Å²) in [6, 6.07) is 10.4. The number of halogens is 1. The first-order valence-corrected chi connectivity index (χ1v) is 17.3. The zero-order chi connectivity index (χ0) is 35.2. The van der Waals surface area contributed by atoms with E-state index < -0.39 is 11.9 Å². The van der Waals surface area contributed by atoms with Gasteiger partial charge in [0, 0.05) is 57.5 Å². The highest BCUT2D eigenvalue weighted by Gasteiger charge is 2.42. The van der Waals surface area contributed by atoms with Gasteiger partial charge in [-0.2, -0.15) is 4.98 Å². The number of carbonyl (C=O) groups is 4. The van der Waals surface area contributed by atoms with Crippen LogP contribution in [-0.2, 0) is 20.8 Å². The summed E-state index contributed by atoms with van der Waals surface area (Å²) >= 11 is 0. The second-order valence-electron chi connectivity index (χ2n) is 13.4. The van der Waals surface area contributed by atoms with Crippen molar-refractivity contribution in [2.24, 2.45) is 5.92 Å². The van der Waals surface area contributed by atoms with Crippen LogP contribution in [0.4, 0.5) is 4.39 Å². The molecule has 50 heavy (non-hydrogen) atoms. The average molecular weight is 687 g/mol. The van der Waals surface area contributed by atoms with Crippen LogP contribution in [0.25, 0.3) is 22.4 Å². The van der Waals surface area contributed by atoms with E-state index in [1.807, 2.05) is 24.8 Å². The molecule has 14 heteroatoms. The van der Waals surface area contributed by atoms with E-state index in [2.05, 4.69) is 25.4 Å². The van der Waals surface area contributed by atoms with Gasteiger partial charge in [-0.1, -0.05) is 31.1 Å². The zero-order valence-electron chi connectivity index (χ0n) is 28.4. The summed E-state index contributed by atoms with van der Waals surface area (Å²) in [5.74, 6) is -0.764. The number of benzene rings is 2. The first-order valence-electron chi connectivity index (χ1n) is 17.3. The van der Waals surface area contributed by atoms with Crippen molar-refractivity contribution in [3.63, 3.8) is 0 Å².